The Morgan fingerprint density at radius 2 is 2.11 bits per heavy atom. The van der Waals surface area contributed by atoms with Crippen molar-refractivity contribution in [2.24, 2.45) is 0 Å². The molecule has 1 atom stereocenters. The van der Waals surface area contributed by atoms with E-state index in [1.54, 1.807) is 16.2 Å². The van der Waals surface area contributed by atoms with Crippen molar-refractivity contribution in [1.82, 2.24) is 15.2 Å². The summed E-state index contributed by atoms with van der Waals surface area (Å²) < 4.78 is 6.60. The van der Waals surface area contributed by atoms with E-state index in [-0.39, 0.29) is 5.91 Å². The zero-order chi connectivity index (χ0) is 19.4. The Balaban J connectivity index is 1.46. The van der Waals surface area contributed by atoms with Crippen LogP contribution < -0.4 is 5.32 Å². The van der Waals surface area contributed by atoms with Crippen LogP contribution in [0.3, 0.4) is 0 Å². The molecule has 1 saturated heterocycles. The third-order valence-corrected chi connectivity index (χ3v) is 5.48. The molecule has 146 valence electrons. The van der Waals surface area contributed by atoms with Gasteiger partial charge in [0, 0.05) is 19.5 Å². The Morgan fingerprint density at radius 3 is 2.85 bits per heavy atom. The van der Waals surface area contributed by atoms with Crippen molar-refractivity contribution in [3.63, 3.8) is 0 Å². The van der Waals surface area contributed by atoms with Gasteiger partial charge in [0.1, 0.15) is 11.6 Å². The van der Waals surface area contributed by atoms with Gasteiger partial charge in [0.05, 0.1) is 15.2 Å². The minimum atomic E-state index is -0.558. The molecule has 1 N–H and O–H groups in total. The molecule has 1 aliphatic heterocycles. The van der Waals surface area contributed by atoms with Gasteiger partial charge in [0.25, 0.3) is 0 Å². The summed E-state index contributed by atoms with van der Waals surface area (Å²) in [5, 5.41) is 4.05. The first-order chi connectivity index (χ1) is 12.8. The van der Waals surface area contributed by atoms with Crippen molar-refractivity contribution < 1.29 is 14.3 Å². The van der Waals surface area contributed by atoms with Crippen molar-refractivity contribution in [2.75, 3.05) is 13.1 Å². The highest BCUT2D eigenvalue weighted by Crippen LogP contribution is 2.23. The van der Waals surface area contributed by atoms with Crippen LogP contribution in [-0.4, -0.2) is 46.6 Å². The summed E-state index contributed by atoms with van der Waals surface area (Å²) in [6.45, 7) is 6.64. The van der Waals surface area contributed by atoms with Crippen LogP contribution in [0.1, 0.15) is 45.0 Å². The lowest BCUT2D eigenvalue weighted by Gasteiger charge is -2.28. The number of benzene rings is 1. The number of carbonyl (C=O) groups excluding carboxylic acids is 2. The van der Waals surface area contributed by atoms with Gasteiger partial charge in [-0.2, -0.15) is 0 Å². The molecule has 3 rings (SSSR count). The number of aryl methyl sites for hydroxylation is 1. The van der Waals surface area contributed by atoms with Crippen LogP contribution in [0.4, 0.5) is 4.79 Å². The molecule has 0 bridgehead atoms. The monoisotopic (exact) mass is 389 g/mol. The summed E-state index contributed by atoms with van der Waals surface area (Å²) in [4.78, 5) is 31.0. The third-order valence-electron chi connectivity index (χ3n) is 4.39. The van der Waals surface area contributed by atoms with E-state index in [0.717, 1.165) is 29.8 Å². The molecule has 2 aromatic rings. The van der Waals surface area contributed by atoms with Gasteiger partial charge in [0.2, 0.25) is 5.91 Å². The van der Waals surface area contributed by atoms with E-state index < -0.39 is 17.7 Å². The standard InChI is InChI=1S/C20H27N3O3S/c1-20(2,3)26-19(25)23-13-7-9-15(23)18(24)21-12-6-11-17-22-14-8-4-5-10-16(14)27-17/h4-5,8,10,15H,6-7,9,11-13H2,1-3H3,(H,21,24). The maximum Gasteiger partial charge on any atom is 0.410 e. The maximum absolute atomic E-state index is 12.5. The number of likely N-dealkylation sites (tertiary alicyclic amines) is 1. The molecule has 1 aromatic carbocycles. The molecule has 0 spiro atoms. The van der Waals surface area contributed by atoms with E-state index in [4.69, 9.17) is 4.74 Å². The van der Waals surface area contributed by atoms with Gasteiger partial charge in [-0.1, -0.05) is 12.1 Å². The topological polar surface area (TPSA) is 71.5 Å². The molecule has 0 aliphatic carbocycles. The van der Waals surface area contributed by atoms with Gasteiger partial charge in [-0.05, 0) is 52.2 Å². The molecule has 1 aromatic heterocycles. The number of hydrogen-bond donors (Lipinski definition) is 1. The average molecular weight is 390 g/mol. The van der Waals surface area contributed by atoms with E-state index in [2.05, 4.69) is 16.4 Å². The van der Waals surface area contributed by atoms with Crippen LogP contribution in [0.25, 0.3) is 10.2 Å². The van der Waals surface area contributed by atoms with Gasteiger partial charge in [0.15, 0.2) is 0 Å². The molecule has 6 nitrogen and oxygen atoms in total. The zero-order valence-corrected chi connectivity index (χ0v) is 17.0. The fourth-order valence-electron chi connectivity index (χ4n) is 3.17. The van der Waals surface area contributed by atoms with Crippen LogP contribution in [0, 0.1) is 0 Å². The minimum Gasteiger partial charge on any atom is -0.444 e. The van der Waals surface area contributed by atoms with E-state index >= 15 is 0 Å². The molecule has 1 unspecified atom stereocenters. The second kappa shape index (κ2) is 8.25. The first kappa shape index (κ1) is 19.6. The van der Waals surface area contributed by atoms with Gasteiger partial charge in [-0.3, -0.25) is 9.69 Å². The fourth-order valence-corrected chi connectivity index (χ4v) is 4.18. The second-order valence-corrected chi connectivity index (χ2v) is 8.92. The van der Waals surface area contributed by atoms with Crippen molar-refractivity contribution >= 4 is 33.6 Å². The van der Waals surface area contributed by atoms with E-state index in [0.29, 0.717) is 19.5 Å². The Kier molecular flexibility index (Phi) is 5.99. The van der Waals surface area contributed by atoms with E-state index in [1.165, 1.54) is 4.70 Å². The number of para-hydroxylation sites is 1. The summed E-state index contributed by atoms with van der Waals surface area (Å²) >= 11 is 1.70. The number of ether oxygens (including phenoxy) is 1. The summed E-state index contributed by atoms with van der Waals surface area (Å²) in [5.74, 6) is -0.0948. The molecule has 2 amide bonds. The summed E-state index contributed by atoms with van der Waals surface area (Å²) in [5.41, 5.74) is 0.471. The first-order valence-corrected chi connectivity index (χ1v) is 10.3. The Bertz CT molecular complexity index is 779. The molecule has 0 radical (unpaired) electrons. The maximum atomic E-state index is 12.5. The highest BCUT2D eigenvalue weighted by atomic mass is 32.1. The summed E-state index contributed by atoms with van der Waals surface area (Å²) in [6, 6.07) is 7.67. The second-order valence-electron chi connectivity index (χ2n) is 7.80. The predicted octanol–water partition coefficient (Wildman–Crippen LogP) is 3.74. The number of amides is 2. The number of aromatic nitrogens is 1. The molecule has 1 fully saturated rings. The number of nitrogens with zero attached hydrogens (tertiary/aromatic N) is 2. The smallest absolute Gasteiger partial charge is 0.410 e. The van der Waals surface area contributed by atoms with Crippen LogP contribution in [0.15, 0.2) is 24.3 Å². The molecule has 27 heavy (non-hydrogen) atoms. The van der Waals surface area contributed by atoms with Crippen molar-refractivity contribution in [3.8, 4) is 0 Å². The number of hydrogen-bond acceptors (Lipinski definition) is 5. The molecule has 2 heterocycles. The quantitative estimate of drug-likeness (QED) is 0.791. The van der Waals surface area contributed by atoms with Crippen LogP contribution in [0.5, 0.6) is 0 Å². The largest absolute Gasteiger partial charge is 0.444 e. The average Bonchev–Trinajstić information content (AvgIpc) is 3.23. The van der Waals surface area contributed by atoms with Crippen molar-refractivity contribution in [1.29, 1.82) is 0 Å². The Morgan fingerprint density at radius 1 is 1.33 bits per heavy atom. The van der Waals surface area contributed by atoms with Crippen LogP contribution >= 0.6 is 11.3 Å². The van der Waals surface area contributed by atoms with Crippen molar-refractivity contribution in [3.05, 3.63) is 29.3 Å². The highest BCUT2D eigenvalue weighted by Gasteiger charge is 2.36. The SMILES string of the molecule is CC(C)(C)OC(=O)N1CCCC1C(=O)NCCCc1nc2ccccc2s1. The van der Waals surface area contributed by atoms with Gasteiger partial charge >= 0.3 is 6.09 Å². The number of rotatable bonds is 5. The van der Waals surface area contributed by atoms with Crippen LogP contribution in [-0.2, 0) is 16.0 Å². The number of fused-ring (bicyclic) bond motifs is 1. The van der Waals surface area contributed by atoms with E-state index in [9.17, 15) is 9.59 Å². The normalized spacial score (nSPS) is 17.3. The molecule has 0 saturated carbocycles. The third kappa shape index (κ3) is 5.19. The zero-order valence-electron chi connectivity index (χ0n) is 16.2. The predicted molar refractivity (Wildman–Crippen MR) is 107 cm³/mol. The van der Waals surface area contributed by atoms with Crippen LogP contribution in [0.2, 0.25) is 0 Å². The summed E-state index contributed by atoms with van der Waals surface area (Å²) in [7, 11) is 0. The Hall–Kier alpha value is -2.15. The molecule has 1 aliphatic rings. The Labute approximate surface area is 163 Å². The highest BCUT2D eigenvalue weighted by molar-refractivity contribution is 7.18. The lowest BCUT2D eigenvalue weighted by atomic mass is 10.2. The van der Waals surface area contributed by atoms with E-state index in [1.807, 2.05) is 39.0 Å². The number of nitrogens with one attached hydrogen (secondary N) is 1. The lowest BCUT2D eigenvalue weighted by Crippen LogP contribution is -2.47. The number of thiazole rings is 1. The molecular formula is C20H27N3O3S. The first-order valence-electron chi connectivity index (χ1n) is 9.45. The van der Waals surface area contributed by atoms with Gasteiger partial charge < -0.3 is 10.1 Å². The van der Waals surface area contributed by atoms with Gasteiger partial charge in [-0.15, -0.1) is 11.3 Å². The molecule has 7 heteroatoms. The number of carbonyl (C=O) groups is 2. The lowest BCUT2D eigenvalue weighted by molar-refractivity contribution is -0.125. The van der Waals surface area contributed by atoms with Gasteiger partial charge in [-0.25, -0.2) is 9.78 Å². The van der Waals surface area contributed by atoms with Crippen molar-refractivity contribution in [2.45, 2.75) is 58.1 Å². The minimum absolute atomic E-state index is 0.0948. The summed E-state index contributed by atoms with van der Waals surface area (Å²) in [6.07, 6.45) is 2.76. The fraction of sp³-hybridized carbons (Fsp3) is 0.550. The molecular weight excluding hydrogens is 362 g/mol.